The molecule has 2 aromatic rings. The molecule has 1 aromatic carbocycles. The third-order valence-electron chi connectivity index (χ3n) is 3.81. The second-order valence-electron chi connectivity index (χ2n) is 5.24. The lowest BCUT2D eigenvalue weighted by molar-refractivity contribution is -0.130. The van der Waals surface area contributed by atoms with Crippen LogP contribution in [0, 0.1) is 0 Å². The molecule has 0 bridgehead atoms. The van der Waals surface area contributed by atoms with Gasteiger partial charge in [-0.25, -0.2) is 0 Å². The molecule has 1 N–H and O–H groups in total. The summed E-state index contributed by atoms with van der Waals surface area (Å²) in [6, 6.07) is 9.57. The van der Waals surface area contributed by atoms with Crippen molar-refractivity contribution in [1.29, 1.82) is 0 Å². The zero-order valence-corrected chi connectivity index (χ0v) is 14.2. The van der Waals surface area contributed by atoms with Crippen LogP contribution < -0.4 is 5.32 Å². The van der Waals surface area contributed by atoms with Gasteiger partial charge >= 0.3 is 0 Å². The number of thiophene rings is 1. The highest BCUT2D eigenvalue weighted by Gasteiger charge is 2.30. The van der Waals surface area contributed by atoms with Crippen LogP contribution in [0.2, 0.25) is 10.0 Å². The third-order valence-corrected chi connectivity index (χ3v) is 5.33. The lowest BCUT2D eigenvalue weighted by Gasteiger charge is -2.24. The molecule has 1 aliphatic rings. The van der Waals surface area contributed by atoms with Crippen molar-refractivity contribution in [3.8, 4) is 0 Å². The zero-order valence-electron chi connectivity index (χ0n) is 11.9. The van der Waals surface area contributed by atoms with E-state index >= 15 is 0 Å². The van der Waals surface area contributed by atoms with Crippen LogP contribution in [-0.2, 0) is 4.79 Å². The number of rotatable bonds is 4. The molecule has 6 heteroatoms. The molecule has 1 saturated heterocycles. The Hall–Kier alpha value is -1.23. The summed E-state index contributed by atoms with van der Waals surface area (Å²) >= 11 is 13.7. The summed E-state index contributed by atoms with van der Waals surface area (Å²) in [5.41, 5.74) is 0.728. The van der Waals surface area contributed by atoms with Crippen molar-refractivity contribution in [2.45, 2.75) is 18.9 Å². The molecule has 0 radical (unpaired) electrons. The van der Waals surface area contributed by atoms with Gasteiger partial charge in [-0.3, -0.25) is 4.79 Å². The average molecular weight is 355 g/mol. The first kappa shape index (κ1) is 15.7. The number of benzene rings is 1. The smallest absolute Gasteiger partial charge is 0.242 e. The molecule has 1 fully saturated rings. The van der Waals surface area contributed by atoms with Crippen LogP contribution in [0.4, 0.5) is 5.69 Å². The molecule has 0 saturated carbocycles. The molecule has 22 heavy (non-hydrogen) atoms. The number of amides is 1. The van der Waals surface area contributed by atoms with Crippen molar-refractivity contribution in [2.75, 3.05) is 18.4 Å². The molecular weight excluding hydrogens is 339 g/mol. The fourth-order valence-corrected chi connectivity index (χ4v) is 4.10. The number of anilines is 1. The zero-order chi connectivity index (χ0) is 15.5. The van der Waals surface area contributed by atoms with Crippen molar-refractivity contribution in [3.05, 3.63) is 50.6 Å². The van der Waals surface area contributed by atoms with E-state index in [-0.39, 0.29) is 18.5 Å². The number of carbonyl (C=O) groups is 1. The minimum absolute atomic E-state index is 0.0990. The number of halogens is 2. The molecule has 1 amide bonds. The predicted octanol–water partition coefficient (Wildman–Crippen LogP) is 4.83. The normalized spacial score (nSPS) is 17.7. The van der Waals surface area contributed by atoms with Crippen LogP contribution in [0.25, 0.3) is 0 Å². The van der Waals surface area contributed by atoms with Gasteiger partial charge in [0.05, 0.1) is 23.3 Å². The van der Waals surface area contributed by atoms with Gasteiger partial charge in [-0.05, 0) is 42.5 Å². The Morgan fingerprint density at radius 2 is 2.23 bits per heavy atom. The van der Waals surface area contributed by atoms with E-state index < -0.39 is 0 Å². The van der Waals surface area contributed by atoms with Crippen LogP contribution in [0.3, 0.4) is 0 Å². The van der Waals surface area contributed by atoms with Crippen LogP contribution in [-0.4, -0.2) is 23.9 Å². The van der Waals surface area contributed by atoms with E-state index in [2.05, 4.69) is 16.8 Å². The maximum atomic E-state index is 12.5. The fraction of sp³-hybridized carbons (Fsp3) is 0.312. The first-order valence-electron chi connectivity index (χ1n) is 7.17. The number of hydrogen-bond acceptors (Lipinski definition) is 3. The Bertz CT molecular complexity index is 660. The van der Waals surface area contributed by atoms with E-state index in [1.165, 1.54) is 4.88 Å². The van der Waals surface area contributed by atoms with Crippen LogP contribution in [0.5, 0.6) is 0 Å². The van der Waals surface area contributed by atoms with Crippen molar-refractivity contribution >= 4 is 46.1 Å². The summed E-state index contributed by atoms with van der Waals surface area (Å²) < 4.78 is 0. The van der Waals surface area contributed by atoms with Gasteiger partial charge in [-0.1, -0.05) is 29.3 Å². The third kappa shape index (κ3) is 3.40. The highest BCUT2D eigenvalue weighted by molar-refractivity contribution is 7.10. The first-order valence-corrected chi connectivity index (χ1v) is 8.80. The van der Waals surface area contributed by atoms with Crippen molar-refractivity contribution in [1.82, 2.24) is 4.90 Å². The van der Waals surface area contributed by atoms with Gasteiger partial charge in [0.1, 0.15) is 0 Å². The Morgan fingerprint density at radius 1 is 1.36 bits per heavy atom. The number of likely N-dealkylation sites (tertiary alicyclic amines) is 1. The van der Waals surface area contributed by atoms with Crippen LogP contribution in [0.1, 0.15) is 23.8 Å². The maximum absolute atomic E-state index is 12.5. The molecular formula is C16H16Cl2N2OS. The van der Waals surface area contributed by atoms with Crippen molar-refractivity contribution in [3.63, 3.8) is 0 Å². The van der Waals surface area contributed by atoms with Gasteiger partial charge < -0.3 is 10.2 Å². The molecule has 1 aromatic heterocycles. The second-order valence-corrected chi connectivity index (χ2v) is 7.06. The summed E-state index contributed by atoms with van der Waals surface area (Å²) in [6.07, 6.45) is 2.09. The summed E-state index contributed by atoms with van der Waals surface area (Å²) in [6.45, 7) is 1.06. The molecule has 0 spiro atoms. The Balaban J connectivity index is 1.64. The number of carbonyl (C=O) groups excluding carboxylic acids is 1. The minimum Gasteiger partial charge on any atom is -0.375 e. The fourth-order valence-electron chi connectivity index (χ4n) is 2.75. The quantitative estimate of drug-likeness (QED) is 0.852. The first-order chi connectivity index (χ1) is 10.6. The summed E-state index contributed by atoms with van der Waals surface area (Å²) in [5, 5.41) is 6.27. The van der Waals surface area contributed by atoms with Crippen molar-refractivity contribution in [2.24, 2.45) is 0 Å². The van der Waals surface area contributed by atoms with Gasteiger partial charge in [0.25, 0.3) is 0 Å². The van der Waals surface area contributed by atoms with E-state index in [0.29, 0.717) is 10.0 Å². The molecule has 0 aliphatic carbocycles. The number of nitrogens with zero attached hydrogens (tertiary/aromatic N) is 1. The Kier molecular flexibility index (Phi) is 4.91. The lowest BCUT2D eigenvalue weighted by Crippen LogP contribution is -2.34. The van der Waals surface area contributed by atoms with Crippen LogP contribution >= 0.6 is 34.5 Å². The van der Waals surface area contributed by atoms with Gasteiger partial charge in [0.15, 0.2) is 0 Å². The molecule has 3 rings (SSSR count). The molecule has 3 nitrogen and oxygen atoms in total. The monoisotopic (exact) mass is 354 g/mol. The summed E-state index contributed by atoms with van der Waals surface area (Å²) in [7, 11) is 0. The second kappa shape index (κ2) is 6.90. The molecule has 1 aliphatic heterocycles. The van der Waals surface area contributed by atoms with E-state index in [0.717, 1.165) is 25.1 Å². The molecule has 116 valence electrons. The summed E-state index contributed by atoms with van der Waals surface area (Å²) in [5.74, 6) is 0.0990. The molecule has 1 unspecified atom stereocenters. The number of hydrogen-bond donors (Lipinski definition) is 1. The largest absolute Gasteiger partial charge is 0.375 e. The van der Waals surface area contributed by atoms with Gasteiger partial charge in [-0.2, -0.15) is 0 Å². The van der Waals surface area contributed by atoms with Crippen molar-refractivity contribution < 1.29 is 4.79 Å². The highest BCUT2D eigenvalue weighted by Crippen LogP contribution is 2.34. The van der Waals surface area contributed by atoms with Gasteiger partial charge in [0, 0.05) is 16.4 Å². The standard InChI is InChI=1S/C16H16Cl2N2OS/c17-11-5-6-13(12(18)9-11)19-10-16(21)20-7-1-3-14(20)15-4-2-8-22-15/h2,4-6,8-9,14,19H,1,3,7,10H2. The SMILES string of the molecule is O=C(CNc1ccc(Cl)cc1Cl)N1CCCC1c1cccs1. The van der Waals surface area contributed by atoms with E-state index in [9.17, 15) is 4.79 Å². The molecule has 1 atom stereocenters. The Labute approximate surface area is 143 Å². The minimum atomic E-state index is 0.0990. The summed E-state index contributed by atoms with van der Waals surface area (Å²) in [4.78, 5) is 15.7. The number of nitrogens with one attached hydrogen (secondary N) is 1. The topological polar surface area (TPSA) is 32.3 Å². The van der Waals surface area contributed by atoms with E-state index in [1.807, 2.05) is 11.0 Å². The van der Waals surface area contributed by atoms with E-state index in [4.69, 9.17) is 23.2 Å². The van der Waals surface area contributed by atoms with Gasteiger partial charge in [-0.15, -0.1) is 11.3 Å². The maximum Gasteiger partial charge on any atom is 0.242 e. The highest BCUT2D eigenvalue weighted by atomic mass is 35.5. The molecule has 2 heterocycles. The Morgan fingerprint density at radius 3 is 2.95 bits per heavy atom. The average Bonchev–Trinajstić information content (AvgIpc) is 3.16. The predicted molar refractivity (Wildman–Crippen MR) is 93.0 cm³/mol. The lowest BCUT2D eigenvalue weighted by atomic mass is 10.2. The van der Waals surface area contributed by atoms with Crippen LogP contribution in [0.15, 0.2) is 35.7 Å². The van der Waals surface area contributed by atoms with Gasteiger partial charge in [0.2, 0.25) is 5.91 Å². The van der Waals surface area contributed by atoms with E-state index in [1.54, 1.807) is 29.5 Å².